The predicted octanol–water partition coefficient (Wildman–Crippen LogP) is 3.84. The van der Waals surface area contributed by atoms with E-state index in [4.69, 9.17) is 10.5 Å². The second-order valence-corrected chi connectivity index (χ2v) is 6.92. The predicted molar refractivity (Wildman–Crippen MR) is 113 cm³/mol. The first-order valence-corrected chi connectivity index (χ1v) is 9.27. The molecule has 8 nitrogen and oxygen atoms in total. The summed E-state index contributed by atoms with van der Waals surface area (Å²) in [6, 6.07) is 7.73. The van der Waals surface area contributed by atoms with Gasteiger partial charge in [-0.1, -0.05) is 6.07 Å². The van der Waals surface area contributed by atoms with Crippen molar-refractivity contribution < 1.29 is 27.5 Å². The summed E-state index contributed by atoms with van der Waals surface area (Å²) in [4.78, 5) is 25.1. The Bertz CT molecular complexity index is 1190. The van der Waals surface area contributed by atoms with Crippen LogP contribution in [0.1, 0.15) is 31.8 Å². The standard InChI is InChI=1S/C21H20F3N5O3/c1-11-4-5-12(8-16(11)28-20(31)14-10-26-29(2)18(14)25)19(30)27-13-6-7-17(32-3)15(9-13)21(22,23)24/h4-10H,25H2,1-3H3,(H,27,30)(H,28,31). The lowest BCUT2D eigenvalue weighted by atomic mass is 10.1. The summed E-state index contributed by atoms with van der Waals surface area (Å²) >= 11 is 0. The molecule has 3 rings (SSSR count). The Morgan fingerprint density at radius 1 is 1.09 bits per heavy atom. The first kappa shape index (κ1) is 22.7. The number of methoxy groups -OCH3 is 1. The average molecular weight is 447 g/mol. The molecule has 0 saturated carbocycles. The molecule has 2 amide bonds. The first-order chi connectivity index (χ1) is 15.0. The molecule has 2 aromatic carbocycles. The number of hydrogen-bond donors (Lipinski definition) is 3. The second-order valence-electron chi connectivity index (χ2n) is 6.92. The van der Waals surface area contributed by atoms with E-state index >= 15 is 0 Å². The van der Waals surface area contributed by atoms with Gasteiger partial charge < -0.3 is 21.1 Å². The Labute approximate surface area is 181 Å². The number of aryl methyl sites for hydroxylation is 2. The van der Waals surface area contributed by atoms with Crippen molar-refractivity contribution in [3.63, 3.8) is 0 Å². The Morgan fingerprint density at radius 3 is 2.41 bits per heavy atom. The molecule has 4 N–H and O–H groups in total. The van der Waals surface area contributed by atoms with Crippen molar-refractivity contribution in [2.24, 2.45) is 7.05 Å². The summed E-state index contributed by atoms with van der Waals surface area (Å²) in [6.07, 6.45) is -3.33. The number of benzene rings is 2. The van der Waals surface area contributed by atoms with E-state index < -0.39 is 23.6 Å². The number of anilines is 3. The van der Waals surface area contributed by atoms with E-state index in [1.807, 2.05) is 0 Å². The topological polar surface area (TPSA) is 111 Å². The molecule has 0 fully saturated rings. The molecule has 32 heavy (non-hydrogen) atoms. The highest BCUT2D eigenvalue weighted by Crippen LogP contribution is 2.37. The number of nitrogens with zero attached hydrogens (tertiary/aromatic N) is 2. The fourth-order valence-corrected chi connectivity index (χ4v) is 2.92. The van der Waals surface area contributed by atoms with E-state index in [1.54, 1.807) is 20.0 Å². The molecular formula is C21H20F3N5O3. The van der Waals surface area contributed by atoms with Gasteiger partial charge in [0.1, 0.15) is 17.1 Å². The van der Waals surface area contributed by atoms with Gasteiger partial charge in [0.05, 0.1) is 18.9 Å². The Hall–Kier alpha value is -4.02. The number of ether oxygens (including phenoxy) is 1. The van der Waals surface area contributed by atoms with Crippen molar-refractivity contribution >= 4 is 29.0 Å². The zero-order chi connectivity index (χ0) is 23.6. The van der Waals surface area contributed by atoms with E-state index in [0.717, 1.165) is 19.2 Å². The summed E-state index contributed by atoms with van der Waals surface area (Å²) in [7, 11) is 2.72. The van der Waals surface area contributed by atoms with Crippen LogP contribution in [0.5, 0.6) is 5.75 Å². The third kappa shape index (κ3) is 4.66. The van der Waals surface area contributed by atoms with Crippen molar-refractivity contribution in [3.05, 3.63) is 64.8 Å². The minimum Gasteiger partial charge on any atom is -0.496 e. The lowest BCUT2D eigenvalue weighted by molar-refractivity contribution is -0.138. The van der Waals surface area contributed by atoms with Gasteiger partial charge >= 0.3 is 6.18 Å². The van der Waals surface area contributed by atoms with Crippen molar-refractivity contribution in [1.29, 1.82) is 0 Å². The van der Waals surface area contributed by atoms with Gasteiger partial charge in [-0.3, -0.25) is 14.3 Å². The molecule has 0 saturated heterocycles. The highest BCUT2D eigenvalue weighted by atomic mass is 19.4. The number of hydrogen-bond acceptors (Lipinski definition) is 5. The molecule has 11 heteroatoms. The van der Waals surface area contributed by atoms with Crippen LogP contribution in [0.15, 0.2) is 42.6 Å². The Kier molecular flexibility index (Phi) is 6.10. The number of alkyl halides is 3. The molecule has 3 aromatic rings. The molecule has 0 atom stereocenters. The molecule has 168 valence electrons. The van der Waals surface area contributed by atoms with E-state index in [-0.39, 0.29) is 28.4 Å². The van der Waals surface area contributed by atoms with Gasteiger partial charge in [-0.15, -0.1) is 0 Å². The lowest BCUT2D eigenvalue weighted by Crippen LogP contribution is -2.17. The highest BCUT2D eigenvalue weighted by Gasteiger charge is 2.34. The number of nitrogens with one attached hydrogen (secondary N) is 2. The maximum absolute atomic E-state index is 13.2. The SMILES string of the molecule is COc1ccc(NC(=O)c2ccc(C)c(NC(=O)c3cnn(C)c3N)c2)cc1C(F)(F)F. The van der Waals surface area contributed by atoms with Crippen molar-refractivity contribution in [3.8, 4) is 5.75 Å². The molecule has 0 aliphatic heterocycles. The van der Waals surface area contributed by atoms with Crippen LogP contribution >= 0.6 is 0 Å². The number of halogens is 3. The molecule has 0 aliphatic rings. The van der Waals surface area contributed by atoms with Crippen molar-refractivity contribution in [2.45, 2.75) is 13.1 Å². The lowest BCUT2D eigenvalue weighted by Gasteiger charge is -2.14. The van der Waals surface area contributed by atoms with Crippen LogP contribution in [0.2, 0.25) is 0 Å². The number of carbonyl (C=O) groups is 2. The van der Waals surface area contributed by atoms with Crippen LogP contribution in [0.4, 0.5) is 30.4 Å². The summed E-state index contributed by atoms with van der Waals surface area (Å²) in [5.74, 6) is -1.35. The largest absolute Gasteiger partial charge is 0.496 e. The number of carbonyl (C=O) groups excluding carboxylic acids is 2. The minimum absolute atomic E-state index is 0.0579. The van der Waals surface area contributed by atoms with E-state index in [0.29, 0.717) is 11.3 Å². The fourth-order valence-electron chi connectivity index (χ4n) is 2.92. The van der Waals surface area contributed by atoms with Gasteiger partial charge in [0.2, 0.25) is 0 Å². The maximum Gasteiger partial charge on any atom is 0.420 e. The summed E-state index contributed by atoms with van der Waals surface area (Å²) in [5, 5.41) is 9.00. The van der Waals surface area contributed by atoms with Gasteiger partial charge in [-0.25, -0.2) is 0 Å². The van der Waals surface area contributed by atoms with Gasteiger partial charge in [0.25, 0.3) is 11.8 Å². The minimum atomic E-state index is -4.65. The average Bonchev–Trinajstić information content (AvgIpc) is 3.07. The molecule has 0 radical (unpaired) electrons. The van der Waals surface area contributed by atoms with Crippen molar-refractivity contribution in [2.75, 3.05) is 23.5 Å². The molecule has 0 spiro atoms. The molecule has 1 heterocycles. The van der Waals surface area contributed by atoms with Crippen LogP contribution in [-0.4, -0.2) is 28.7 Å². The van der Waals surface area contributed by atoms with Crippen molar-refractivity contribution in [1.82, 2.24) is 9.78 Å². The molecule has 0 aliphatic carbocycles. The van der Waals surface area contributed by atoms with Gasteiger partial charge in [0, 0.05) is 24.0 Å². The summed E-state index contributed by atoms with van der Waals surface area (Å²) < 4.78 is 45.7. The number of nitrogens with two attached hydrogens (primary N) is 1. The van der Waals surface area contributed by atoms with E-state index in [1.165, 1.54) is 29.1 Å². The third-order valence-electron chi connectivity index (χ3n) is 4.74. The van der Waals surface area contributed by atoms with E-state index in [2.05, 4.69) is 15.7 Å². The second kappa shape index (κ2) is 8.61. The van der Waals surface area contributed by atoms with Crippen LogP contribution in [-0.2, 0) is 13.2 Å². The fraction of sp³-hybridized carbons (Fsp3) is 0.190. The quantitative estimate of drug-likeness (QED) is 0.550. The highest BCUT2D eigenvalue weighted by molar-refractivity contribution is 6.09. The summed E-state index contributed by atoms with van der Waals surface area (Å²) in [6.45, 7) is 1.73. The van der Waals surface area contributed by atoms with Gasteiger partial charge in [0.15, 0.2) is 0 Å². The zero-order valence-corrected chi connectivity index (χ0v) is 17.4. The number of aromatic nitrogens is 2. The normalized spacial score (nSPS) is 11.2. The smallest absolute Gasteiger partial charge is 0.420 e. The van der Waals surface area contributed by atoms with Gasteiger partial charge in [-0.2, -0.15) is 18.3 Å². The molecule has 0 unspecified atom stereocenters. The molecule has 0 bridgehead atoms. The number of nitrogen functional groups attached to an aromatic ring is 1. The third-order valence-corrected chi connectivity index (χ3v) is 4.74. The Balaban J connectivity index is 1.83. The molecular weight excluding hydrogens is 427 g/mol. The van der Waals surface area contributed by atoms with Crippen LogP contribution in [0.25, 0.3) is 0 Å². The van der Waals surface area contributed by atoms with Crippen LogP contribution in [0.3, 0.4) is 0 Å². The summed E-state index contributed by atoms with van der Waals surface area (Å²) in [5.41, 5.74) is 6.05. The monoisotopic (exact) mass is 447 g/mol. The van der Waals surface area contributed by atoms with E-state index in [9.17, 15) is 22.8 Å². The van der Waals surface area contributed by atoms with Gasteiger partial charge in [-0.05, 0) is 42.8 Å². The Morgan fingerprint density at radius 2 is 1.81 bits per heavy atom. The molecule has 1 aromatic heterocycles. The number of amides is 2. The maximum atomic E-state index is 13.2. The zero-order valence-electron chi connectivity index (χ0n) is 17.4. The van der Waals surface area contributed by atoms with Crippen LogP contribution in [0, 0.1) is 6.92 Å². The number of rotatable bonds is 5. The first-order valence-electron chi connectivity index (χ1n) is 9.27. The van der Waals surface area contributed by atoms with Crippen LogP contribution < -0.4 is 21.1 Å².